The molecular weight excluding hydrogens is 294 g/mol. The van der Waals surface area contributed by atoms with Gasteiger partial charge in [0.15, 0.2) is 0 Å². The van der Waals surface area contributed by atoms with Gasteiger partial charge in [-0.2, -0.15) is 0 Å². The molecule has 0 aliphatic carbocycles. The van der Waals surface area contributed by atoms with Gasteiger partial charge in [0, 0.05) is 13.1 Å². The molecule has 2 saturated heterocycles. The average molecular weight is 330 g/mol. The average Bonchev–Trinajstić information content (AvgIpc) is 2.82. The van der Waals surface area contributed by atoms with Crippen LogP contribution in [-0.4, -0.2) is 60.9 Å². The third-order valence-corrected chi connectivity index (χ3v) is 12.1. The molecule has 0 radical (unpaired) electrons. The lowest BCUT2D eigenvalue weighted by molar-refractivity contribution is -0.0844. The molecule has 4 atom stereocenters. The van der Waals surface area contributed by atoms with Crippen molar-refractivity contribution in [1.29, 1.82) is 0 Å². The minimum atomic E-state index is -1.94. The standard InChI is InChI=1S/C17H35NO3Si/c1-11(2)22(12(3)4,13(5)6)21-15-8-10-18-9-7-14(19)17(20)16(15)18/h11-17,19-20H,7-10H2,1-6H3/t14-,15+,16+,17-/m0/s1. The van der Waals surface area contributed by atoms with E-state index in [-0.39, 0.29) is 12.1 Å². The van der Waals surface area contributed by atoms with Crippen molar-refractivity contribution in [3.05, 3.63) is 0 Å². The van der Waals surface area contributed by atoms with E-state index in [2.05, 4.69) is 46.4 Å². The summed E-state index contributed by atoms with van der Waals surface area (Å²) in [7, 11) is -1.94. The van der Waals surface area contributed by atoms with Crippen LogP contribution >= 0.6 is 0 Å². The number of fused-ring (bicyclic) bond motifs is 1. The summed E-state index contributed by atoms with van der Waals surface area (Å²) in [6.07, 6.45) is 0.461. The monoisotopic (exact) mass is 329 g/mol. The Morgan fingerprint density at radius 1 is 0.909 bits per heavy atom. The van der Waals surface area contributed by atoms with Crippen molar-refractivity contribution in [2.24, 2.45) is 0 Å². The first kappa shape index (κ1) is 18.4. The summed E-state index contributed by atoms with van der Waals surface area (Å²) in [5.74, 6) is 0. The SMILES string of the molecule is CC(C)[Si](O[C@@H]1CCN2CC[C@H](O)[C@H](O)[C@@H]12)(C(C)C)C(C)C. The Labute approximate surface area is 137 Å². The molecule has 2 fully saturated rings. The fourth-order valence-electron chi connectivity index (χ4n) is 5.04. The molecule has 0 unspecified atom stereocenters. The zero-order chi connectivity index (χ0) is 16.7. The third kappa shape index (κ3) is 3.03. The maximum absolute atomic E-state index is 10.5. The molecule has 22 heavy (non-hydrogen) atoms. The van der Waals surface area contributed by atoms with E-state index in [1.54, 1.807) is 0 Å². The molecule has 130 valence electrons. The minimum Gasteiger partial charge on any atom is -0.411 e. The summed E-state index contributed by atoms with van der Waals surface area (Å²) in [6.45, 7) is 15.6. The molecule has 5 heteroatoms. The van der Waals surface area contributed by atoms with Crippen LogP contribution in [-0.2, 0) is 4.43 Å². The molecule has 2 aliphatic heterocycles. The van der Waals surface area contributed by atoms with Crippen LogP contribution in [0.3, 0.4) is 0 Å². The van der Waals surface area contributed by atoms with Crippen LogP contribution in [0.1, 0.15) is 54.4 Å². The number of aliphatic hydroxyl groups is 2. The number of nitrogens with zero attached hydrogens (tertiary/aromatic N) is 1. The molecule has 2 N–H and O–H groups in total. The predicted molar refractivity (Wildman–Crippen MR) is 92.5 cm³/mol. The highest BCUT2D eigenvalue weighted by molar-refractivity contribution is 6.77. The Kier molecular flexibility index (Phi) is 5.76. The fraction of sp³-hybridized carbons (Fsp3) is 1.00. The largest absolute Gasteiger partial charge is 0.411 e. The molecule has 0 saturated carbocycles. The molecular formula is C17H35NO3Si. The number of piperidine rings is 1. The first-order chi connectivity index (χ1) is 10.2. The van der Waals surface area contributed by atoms with Crippen LogP contribution in [0.15, 0.2) is 0 Å². The van der Waals surface area contributed by atoms with Crippen LogP contribution < -0.4 is 0 Å². The van der Waals surface area contributed by atoms with E-state index in [1.807, 2.05) is 0 Å². The highest BCUT2D eigenvalue weighted by atomic mass is 28.4. The van der Waals surface area contributed by atoms with Gasteiger partial charge < -0.3 is 14.6 Å². The lowest BCUT2D eigenvalue weighted by Gasteiger charge is -2.47. The van der Waals surface area contributed by atoms with Crippen molar-refractivity contribution in [2.45, 2.75) is 95.4 Å². The highest BCUT2D eigenvalue weighted by Gasteiger charge is 2.52. The van der Waals surface area contributed by atoms with Crippen LogP contribution in [0.2, 0.25) is 16.6 Å². The Balaban J connectivity index is 2.23. The number of hydrogen-bond donors (Lipinski definition) is 2. The minimum absolute atomic E-state index is 0.0214. The van der Waals surface area contributed by atoms with E-state index in [0.717, 1.165) is 19.5 Å². The second-order valence-electron chi connectivity index (χ2n) is 8.14. The summed E-state index contributed by atoms with van der Waals surface area (Å²) in [6, 6.07) is -0.0214. The molecule has 2 rings (SSSR count). The fourth-order valence-corrected chi connectivity index (χ4v) is 10.6. The maximum atomic E-state index is 10.5. The van der Waals surface area contributed by atoms with Gasteiger partial charge in [0.05, 0.1) is 24.4 Å². The Hall–Kier alpha value is 0.0569. The maximum Gasteiger partial charge on any atom is 0.200 e. The molecule has 0 amide bonds. The number of hydrogen-bond acceptors (Lipinski definition) is 4. The Morgan fingerprint density at radius 2 is 1.41 bits per heavy atom. The highest BCUT2D eigenvalue weighted by Crippen LogP contribution is 2.45. The van der Waals surface area contributed by atoms with Crippen LogP contribution in [0.5, 0.6) is 0 Å². The van der Waals surface area contributed by atoms with Crippen molar-refractivity contribution in [1.82, 2.24) is 4.90 Å². The molecule has 0 spiro atoms. The van der Waals surface area contributed by atoms with Crippen molar-refractivity contribution >= 4 is 8.32 Å². The first-order valence-corrected chi connectivity index (χ1v) is 11.1. The quantitative estimate of drug-likeness (QED) is 0.762. The van der Waals surface area contributed by atoms with Crippen molar-refractivity contribution in [3.8, 4) is 0 Å². The van der Waals surface area contributed by atoms with Crippen molar-refractivity contribution in [3.63, 3.8) is 0 Å². The molecule has 0 aromatic carbocycles. The van der Waals surface area contributed by atoms with Gasteiger partial charge in [-0.1, -0.05) is 41.5 Å². The molecule has 2 heterocycles. The Morgan fingerprint density at radius 3 is 1.91 bits per heavy atom. The smallest absolute Gasteiger partial charge is 0.200 e. The second-order valence-corrected chi connectivity index (χ2v) is 13.5. The lowest BCUT2D eigenvalue weighted by atomic mass is 9.95. The third-order valence-electron chi connectivity index (χ3n) is 6.02. The number of rotatable bonds is 5. The second kappa shape index (κ2) is 6.89. The summed E-state index contributed by atoms with van der Waals surface area (Å²) < 4.78 is 6.90. The van der Waals surface area contributed by atoms with E-state index in [4.69, 9.17) is 4.43 Å². The zero-order valence-electron chi connectivity index (χ0n) is 15.1. The first-order valence-electron chi connectivity index (χ1n) is 8.99. The van der Waals surface area contributed by atoms with Gasteiger partial charge in [-0.25, -0.2) is 0 Å². The number of aliphatic hydroxyl groups excluding tert-OH is 2. The summed E-state index contributed by atoms with van der Waals surface area (Å²) in [4.78, 5) is 2.32. The normalized spacial score (nSPS) is 34.0. The van der Waals surface area contributed by atoms with E-state index >= 15 is 0 Å². The molecule has 2 aliphatic rings. The summed E-state index contributed by atoms with van der Waals surface area (Å²) in [5, 5.41) is 20.5. The van der Waals surface area contributed by atoms with Gasteiger partial charge >= 0.3 is 0 Å². The van der Waals surface area contributed by atoms with Gasteiger partial charge in [0.1, 0.15) is 0 Å². The zero-order valence-corrected chi connectivity index (χ0v) is 16.1. The van der Waals surface area contributed by atoms with Gasteiger partial charge in [0.2, 0.25) is 8.32 Å². The van der Waals surface area contributed by atoms with Crippen LogP contribution in [0, 0.1) is 0 Å². The van der Waals surface area contributed by atoms with E-state index in [1.165, 1.54) is 0 Å². The van der Waals surface area contributed by atoms with E-state index < -0.39 is 20.5 Å². The van der Waals surface area contributed by atoms with E-state index in [9.17, 15) is 10.2 Å². The molecule has 0 aromatic heterocycles. The summed E-state index contributed by atoms with van der Waals surface area (Å²) in [5.41, 5.74) is 1.65. The molecule has 0 aromatic rings. The van der Waals surface area contributed by atoms with Crippen molar-refractivity contribution < 1.29 is 14.6 Å². The van der Waals surface area contributed by atoms with Gasteiger partial charge in [-0.05, 0) is 29.5 Å². The van der Waals surface area contributed by atoms with E-state index in [0.29, 0.717) is 23.0 Å². The lowest BCUT2D eigenvalue weighted by Crippen LogP contribution is -2.59. The Bertz CT molecular complexity index is 353. The van der Waals surface area contributed by atoms with Crippen LogP contribution in [0.4, 0.5) is 0 Å². The van der Waals surface area contributed by atoms with Gasteiger partial charge in [0.25, 0.3) is 0 Å². The molecule has 0 bridgehead atoms. The topological polar surface area (TPSA) is 52.9 Å². The van der Waals surface area contributed by atoms with Gasteiger partial charge in [-0.3, -0.25) is 4.90 Å². The molecule has 4 nitrogen and oxygen atoms in total. The van der Waals surface area contributed by atoms with Crippen LogP contribution in [0.25, 0.3) is 0 Å². The predicted octanol–water partition coefficient (Wildman–Crippen LogP) is 2.75. The summed E-state index contributed by atoms with van der Waals surface area (Å²) >= 11 is 0. The van der Waals surface area contributed by atoms with Crippen molar-refractivity contribution in [2.75, 3.05) is 13.1 Å². The van der Waals surface area contributed by atoms with Gasteiger partial charge in [-0.15, -0.1) is 0 Å².